The van der Waals surface area contributed by atoms with E-state index < -0.39 is 54.1 Å². The molecule has 0 aromatic heterocycles. The second-order valence-corrected chi connectivity index (χ2v) is 14.2. The van der Waals surface area contributed by atoms with Gasteiger partial charge in [-0.2, -0.15) is 0 Å². The van der Waals surface area contributed by atoms with Crippen molar-refractivity contribution < 1.29 is 35.1 Å². The zero-order chi connectivity index (χ0) is 36.2. The molecule has 3 amide bonds. The predicted molar refractivity (Wildman–Crippen MR) is 189 cm³/mol. The van der Waals surface area contributed by atoms with Crippen molar-refractivity contribution in [1.82, 2.24) is 25.8 Å². The van der Waals surface area contributed by atoms with Gasteiger partial charge in [-0.05, 0) is 55.6 Å². The maximum Gasteiger partial charge on any atom is 0.317 e. The fourth-order valence-corrected chi connectivity index (χ4v) is 7.10. The van der Waals surface area contributed by atoms with Crippen LogP contribution in [0.1, 0.15) is 57.1 Å². The molecule has 4 rings (SSSR count). The lowest BCUT2D eigenvalue weighted by Gasteiger charge is -2.39. The summed E-state index contributed by atoms with van der Waals surface area (Å²) >= 11 is 0. The van der Waals surface area contributed by atoms with Gasteiger partial charge in [-0.25, -0.2) is 0 Å². The largest absolute Gasteiger partial charge is 0.480 e. The highest BCUT2D eigenvalue weighted by atomic mass is 16.4. The number of quaternary nitrogens is 1. The second-order valence-electron chi connectivity index (χ2n) is 14.2. The van der Waals surface area contributed by atoms with Crippen LogP contribution in [0.4, 0.5) is 0 Å². The molecule has 10 N–H and O–H groups in total. The first-order valence-electron chi connectivity index (χ1n) is 17.9. The molecule has 0 aliphatic carbocycles. The minimum Gasteiger partial charge on any atom is -0.480 e. The van der Waals surface area contributed by atoms with Crippen LogP contribution < -0.4 is 27.4 Å². The summed E-state index contributed by atoms with van der Waals surface area (Å²) in [6.07, 6.45) is 2.73. The van der Waals surface area contributed by atoms with Crippen LogP contribution in [0.2, 0.25) is 0 Å². The van der Waals surface area contributed by atoms with Gasteiger partial charge in [-0.1, -0.05) is 74.5 Å². The fourth-order valence-electron chi connectivity index (χ4n) is 7.10. The highest BCUT2D eigenvalue weighted by Gasteiger charge is 2.47. The van der Waals surface area contributed by atoms with Gasteiger partial charge in [0.2, 0.25) is 17.7 Å². The standard InChI is InChI=1S/C37H55N7O6/c1-24(2)17-31(35(48)40-30(15-9-10-16-38)37(50)44-22-27-20-28(44)21-43(27)23-33(45)46)42-36(49)32(19-26-13-7-4-8-14-26)41-34(47)29(39)18-25-11-5-3-6-12-25/h3-8,11-14,24,27-32,37,50H,9-10,15-23,38-39H2,1-2H3,(H,40,48)(H,41,47)(H,42,49)(H,45,46)/p+1. The Morgan fingerprint density at radius 1 is 0.840 bits per heavy atom. The van der Waals surface area contributed by atoms with Crippen molar-refractivity contribution in [2.45, 2.75) is 101 Å². The maximum atomic E-state index is 14.0. The molecule has 13 nitrogen and oxygen atoms in total. The molecule has 13 heteroatoms. The molecule has 2 saturated heterocycles. The number of nitrogens with two attached hydrogens (primary N) is 1. The molecule has 0 radical (unpaired) electrons. The van der Waals surface area contributed by atoms with E-state index in [1.807, 2.05) is 84.3 Å². The average Bonchev–Trinajstić information content (AvgIpc) is 3.68. The number of benzene rings is 2. The zero-order valence-corrected chi connectivity index (χ0v) is 29.4. The zero-order valence-electron chi connectivity index (χ0n) is 29.4. The van der Waals surface area contributed by atoms with Crippen molar-refractivity contribution >= 4 is 23.7 Å². The van der Waals surface area contributed by atoms with Crippen molar-refractivity contribution in [3.8, 4) is 0 Å². The van der Waals surface area contributed by atoms with E-state index in [0.29, 0.717) is 32.4 Å². The smallest absolute Gasteiger partial charge is 0.317 e. The Bertz CT molecular complexity index is 1400. The topological polar surface area (TPSA) is 205 Å². The molecule has 2 fully saturated rings. The number of rotatable bonds is 20. The number of piperazine rings is 1. The van der Waals surface area contributed by atoms with Crippen molar-refractivity contribution in [2.75, 3.05) is 26.2 Å². The maximum absolute atomic E-state index is 14.0. The molecule has 2 aliphatic rings. The Kier molecular flexibility index (Phi) is 14.7. The number of nitrogens with one attached hydrogen (secondary N) is 3. The van der Waals surface area contributed by atoms with E-state index in [2.05, 4.69) is 21.7 Å². The van der Waals surface area contributed by atoms with Gasteiger partial charge in [0.05, 0.1) is 25.2 Å². The normalized spacial score (nSPS) is 20.5. The number of fused-ring (bicyclic) bond motifs is 2. The van der Waals surface area contributed by atoms with Crippen LogP contribution in [-0.4, -0.2) is 112 Å². The Morgan fingerprint density at radius 3 is 2.00 bits per heavy atom. The van der Waals surface area contributed by atoms with Crippen LogP contribution in [0.25, 0.3) is 0 Å². The summed E-state index contributed by atoms with van der Waals surface area (Å²) in [6.45, 7) is 5.68. The molecule has 2 bridgehead atoms. The van der Waals surface area contributed by atoms with Crippen LogP contribution in [0.5, 0.6) is 0 Å². The van der Waals surface area contributed by atoms with Crippen LogP contribution in [0, 0.1) is 5.92 Å². The van der Waals surface area contributed by atoms with Crippen molar-refractivity contribution in [2.24, 2.45) is 11.7 Å². The summed E-state index contributed by atoms with van der Waals surface area (Å²) in [5, 5.41) is 29.7. The van der Waals surface area contributed by atoms with Crippen LogP contribution in [-0.2, 0) is 32.0 Å². The molecular formula is C37H56N7O6+. The third-order valence-corrected chi connectivity index (χ3v) is 9.67. The molecule has 2 aromatic rings. The van der Waals surface area contributed by atoms with Crippen molar-refractivity contribution in [3.05, 3.63) is 71.8 Å². The number of hydrogen-bond acceptors (Lipinski definition) is 8. The monoisotopic (exact) mass is 694 g/mol. The van der Waals surface area contributed by atoms with E-state index in [0.717, 1.165) is 36.9 Å². The van der Waals surface area contributed by atoms with Gasteiger partial charge in [-0.3, -0.25) is 29.0 Å². The predicted octanol–water partition coefficient (Wildman–Crippen LogP) is -0.127. The number of unbranched alkanes of at least 4 members (excludes halogenated alkanes) is 1. The quantitative estimate of drug-likeness (QED) is 0.0922. The summed E-state index contributed by atoms with van der Waals surface area (Å²) in [4.78, 5) is 56.4. The number of carbonyl (C=O) groups excluding carboxylic acids is 3. The number of nitrogens with zero attached hydrogens (tertiary/aromatic N) is 2. The first kappa shape index (κ1) is 38.9. The number of hydrogen-bond donors (Lipinski definition) is 7. The minimum absolute atomic E-state index is 0.0108. The summed E-state index contributed by atoms with van der Waals surface area (Å²) in [5.41, 5.74) is 11.9. The highest BCUT2D eigenvalue weighted by Crippen LogP contribution is 2.32. The molecular weight excluding hydrogens is 638 g/mol. The Labute approximate surface area is 295 Å². The first-order valence-corrected chi connectivity index (χ1v) is 17.9. The van der Waals surface area contributed by atoms with E-state index >= 15 is 0 Å². The third kappa shape index (κ3) is 11.3. The van der Waals surface area contributed by atoms with Crippen molar-refractivity contribution in [1.29, 1.82) is 0 Å². The van der Waals surface area contributed by atoms with Crippen LogP contribution >= 0.6 is 0 Å². The van der Waals surface area contributed by atoms with Gasteiger partial charge in [0.15, 0.2) is 0 Å². The number of aliphatic hydroxyl groups excluding tert-OH is 1. The Balaban J connectivity index is 1.47. The van der Waals surface area contributed by atoms with Gasteiger partial charge in [-0.15, -0.1) is 0 Å². The first-order chi connectivity index (χ1) is 23.9. The summed E-state index contributed by atoms with van der Waals surface area (Å²) < 4.78 is 0. The molecule has 2 aliphatic heterocycles. The van der Waals surface area contributed by atoms with E-state index in [1.54, 1.807) is 0 Å². The van der Waals surface area contributed by atoms with E-state index in [9.17, 15) is 29.4 Å². The van der Waals surface area contributed by atoms with E-state index in [4.69, 9.17) is 5.73 Å². The summed E-state index contributed by atoms with van der Waals surface area (Å²) in [6, 6.07) is 15.4. The van der Waals surface area contributed by atoms with Gasteiger partial charge in [0, 0.05) is 31.6 Å². The van der Waals surface area contributed by atoms with E-state index in [-0.39, 0.29) is 31.0 Å². The SMILES string of the molecule is CC(C)CC(NC(=O)C(Cc1ccccc1)NC(=O)C(N)Cc1ccccc1)C(=O)NC(CCCC[NH3+])C(O)N1CC2CC1CN2CC(=O)O. The lowest BCUT2D eigenvalue weighted by molar-refractivity contribution is -0.368. The Hall–Kier alpha value is -3.88. The number of likely N-dealkylation sites (tertiary alicyclic amines) is 2. The molecule has 0 spiro atoms. The highest BCUT2D eigenvalue weighted by molar-refractivity contribution is 5.93. The summed E-state index contributed by atoms with van der Waals surface area (Å²) in [5.74, 6) is -2.20. The number of carboxylic acids is 1. The van der Waals surface area contributed by atoms with Crippen molar-refractivity contribution in [3.63, 3.8) is 0 Å². The molecule has 0 saturated carbocycles. The molecule has 2 aromatic carbocycles. The average molecular weight is 695 g/mol. The third-order valence-electron chi connectivity index (χ3n) is 9.67. The fraction of sp³-hybridized carbons (Fsp3) is 0.568. The van der Waals surface area contributed by atoms with E-state index in [1.165, 1.54) is 0 Å². The molecule has 7 atom stereocenters. The minimum atomic E-state index is -0.985. The number of amides is 3. The molecule has 50 heavy (non-hydrogen) atoms. The molecule has 2 heterocycles. The lowest BCUT2D eigenvalue weighted by Crippen LogP contribution is -2.61. The van der Waals surface area contributed by atoms with Gasteiger partial charge < -0.3 is 37.6 Å². The number of aliphatic hydroxyl groups is 1. The Morgan fingerprint density at radius 2 is 1.44 bits per heavy atom. The lowest BCUT2D eigenvalue weighted by atomic mass is 9.99. The number of carboxylic acid groups (broad SMARTS) is 1. The molecule has 274 valence electrons. The van der Waals surface area contributed by atoms with Gasteiger partial charge in [0.1, 0.15) is 18.3 Å². The van der Waals surface area contributed by atoms with Gasteiger partial charge >= 0.3 is 5.97 Å². The summed E-state index contributed by atoms with van der Waals surface area (Å²) in [7, 11) is 0. The van der Waals surface area contributed by atoms with Crippen LogP contribution in [0.3, 0.4) is 0 Å². The number of carbonyl (C=O) groups is 4. The van der Waals surface area contributed by atoms with Gasteiger partial charge in [0.25, 0.3) is 0 Å². The second kappa shape index (κ2) is 18.9. The molecule has 7 unspecified atom stereocenters. The number of aliphatic carboxylic acids is 1. The van der Waals surface area contributed by atoms with Crippen LogP contribution in [0.15, 0.2) is 60.7 Å².